The predicted molar refractivity (Wildman–Crippen MR) is 77.3 cm³/mol. The van der Waals surface area contributed by atoms with Crippen LogP contribution < -0.4 is 10.4 Å². The molecule has 116 valence electrons. The van der Waals surface area contributed by atoms with E-state index in [4.69, 9.17) is 10.00 Å². The summed E-state index contributed by atoms with van der Waals surface area (Å²) >= 11 is 0. The zero-order chi connectivity index (χ0) is 16.5. The Morgan fingerprint density at radius 3 is 2.77 bits per heavy atom. The number of amides is 2. The molecule has 0 fully saturated rings. The summed E-state index contributed by atoms with van der Waals surface area (Å²) in [5.74, 6) is -0.707. The Hall–Kier alpha value is -2.59. The Morgan fingerprint density at radius 1 is 1.50 bits per heavy atom. The van der Waals surface area contributed by atoms with Crippen LogP contribution in [0.1, 0.15) is 31.9 Å². The number of hydrogen-bond acceptors (Lipinski definition) is 5. The number of ether oxygens (including phenoxy) is 1. The van der Waals surface area contributed by atoms with Crippen LogP contribution in [0.15, 0.2) is 18.2 Å². The SMILES string of the molecule is CC(C)(C)OC(=O)NC1Cc2cccc(C#N)c2N(O)C1=O. The van der Waals surface area contributed by atoms with Crippen molar-refractivity contribution < 1.29 is 19.5 Å². The summed E-state index contributed by atoms with van der Waals surface area (Å²) in [4.78, 5) is 23.9. The fourth-order valence-electron chi connectivity index (χ4n) is 2.22. The molecule has 2 N–H and O–H groups in total. The summed E-state index contributed by atoms with van der Waals surface area (Å²) in [5.41, 5.74) is 0.274. The highest BCUT2D eigenvalue weighted by atomic mass is 16.6. The van der Waals surface area contributed by atoms with Gasteiger partial charge in [-0.3, -0.25) is 10.0 Å². The number of rotatable bonds is 1. The molecule has 0 saturated heterocycles. The molecular formula is C15H17N3O4. The van der Waals surface area contributed by atoms with Gasteiger partial charge in [0.2, 0.25) is 0 Å². The Bertz CT molecular complexity index is 658. The lowest BCUT2D eigenvalue weighted by Gasteiger charge is -2.31. The van der Waals surface area contributed by atoms with Gasteiger partial charge in [0.15, 0.2) is 0 Å². The smallest absolute Gasteiger partial charge is 0.408 e. The molecule has 22 heavy (non-hydrogen) atoms. The number of fused-ring (bicyclic) bond motifs is 1. The molecule has 1 aromatic rings. The molecule has 1 atom stereocenters. The largest absolute Gasteiger partial charge is 0.444 e. The number of hydrogen-bond donors (Lipinski definition) is 2. The second-order valence-electron chi connectivity index (χ2n) is 5.98. The fourth-order valence-corrected chi connectivity index (χ4v) is 2.22. The molecule has 1 aliphatic rings. The van der Waals surface area contributed by atoms with Crippen LogP contribution in [-0.2, 0) is 16.0 Å². The van der Waals surface area contributed by atoms with Gasteiger partial charge in [0.1, 0.15) is 17.7 Å². The summed E-state index contributed by atoms with van der Waals surface area (Å²) in [7, 11) is 0. The summed E-state index contributed by atoms with van der Waals surface area (Å²) in [5, 5.41) is 21.9. The van der Waals surface area contributed by atoms with Crippen molar-refractivity contribution in [3.8, 4) is 6.07 Å². The van der Waals surface area contributed by atoms with Crippen molar-refractivity contribution in [2.45, 2.75) is 38.8 Å². The first-order valence-corrected chi connectivity index (χ1v) is 6.77. The van der Waals surface area contributed by atoms with E-state index in [1.165, 1.54) is 6.07 Å². The molecule has 1 heterocycles. The lowest BCUT2D eigenvalue weighted by Crippen LogP contribution is -2.52. The van der Waals surface area contributed by atoms with Gasteiger partial charge in [-0.05, 0) is 32.4 Å². The van der Waals surface area contributed by atoms with E-state index in [1.807, 2.05) is 6.07 Å². The standard InChI is InChI=1S/C15H17N3O4/c1-15(2,3)22-14(20)17-11-7-9-5-4-6-10(8-16)12(9)18(21)13(11)19/h4-6,11,21H,7H2,1-3H3,(H,17,20). The maximum atomic E-state index is 12.2. The predicted octanol–water partition coefficient (Wildman–Crippen LogP) is 1.73. The Kier molecular flexibility index (Phi) is 4.06. The number of hydroxylamine groups is 1. The maximum Gasteiger partial charge on any atom is 0.408 e. The third-order valence-electron chi connectivity index (χ3n) is 3.07. The summed E-state index contributed by atoms with van der Waals surface area (Å²) in [6.07, 6.45) is -0.556. The molecule has 0 radical (unpaired) electrons. The van der Waals surface area contributed by atoms with Crippen molar-refractivity contribution in [2.24, 2.45) is 0 Å². The molecule has 0 spiro atoms. The lowest BCUT2D eigenvalue weighted by atomic mass is 9.96. The molecule has 1 unspecified atom stereocenters. The number of carbonyl (C=O) groups is 2. The zero-order valence-corrected chi connectivity index (χ0v) is 12.6. The molecule has 2 amide bonds. The van der Waals surface area contributed by atoms with E-state index < -0.39 is 23.6 Å². The zero-order valence-electron chi connectivity index (χ0n) is 12.6. The summed E-state index contributed by atoms with van der Waals surface area (Å²) in [6, 6.07) is 5.84. The molecule has 7 heteroatoms. The average molecular weight is 303 g/mol. The van der Waals surface area contributed by atoms with Gasteiger partial charge in [0.05, 0.1) is 11.3 Å². The molecular weight excluding hydrogens is 286 g/mol. The number of nitrogens with one attached hydrogen (secondary N) is 1. The fraction of sp³-hybridized carbons (Fsp3) is 0.400. The van der Waals surface area contributed by atoms with Gasteiger partial charge in [-0.1, -0.05) is 12.1 Å². The van der Waals surface area contributed by atoms with Crippen molar-refractivity contribution in [3.05, 3.63) is 29.3 Å². The van der Waals surface area contributed by atoms with Crippen molar-refractivity contribution in [2.75, 3.05) is 5.06 Å². The highest BCUT2D eigenvalue weighted by molar-refractivity contribution is 6.00. The van der Waals surface area contributed by atoms with Crippen LogP contribution in [0.2, 0.25) is 0 Å². The number of para-hydroxylation sites is 1. The molecule has 2 rings (SSSR count). The highest BCUT2D eigenvalue weighted by Gasteiger charge is 2.35. The van der Waals surface area contributed by atoms with E-state index in [1.54, 1.807) is 32.9 Å². The van der Waals surface area contributed by atoms with Gasteiger partial charge in [-0.15, -0.1) is 0 Å². The summed E-state index contributed by atoms with van der Waals surface area (Å²) < 4.78 is 5.10. The first kappa shape index (κ1) is 15.8. The molecule has 0 aromatic heterocycles. The highest BCUT2D eigenvalue weighted by Crippen LogP contribution is 2.30. The van der Waals surface area contributed by atoms with Crippen molar-refractivity contribution >= 4 is 17.7 Å². The molecule has 0 bridgehead atoms. The number of anilines is 1. The number of carbonyl (C=O) groups excluding carboxylic acids is 2. The molecule has 7 nitrogen and oxygen atoms in total. The van der Waals surface area contributed by atoms with Crippen LogP contribution in [0.5, 0.6) is 0 Å². The van der Waals surface area contributed by atoms with Crippen LogP contribution in [0.4, 0.5) is 10.5 Å². The van der Waals surface area contributed by atoms with E-state index in [9.17, 15) is 14.8 Å². The van der Waals surface area contributed by atoms with Crippen LogP contribution in [0.3, 0.4) is 0 Å². The van der Waals surface area contributed by atoms with Crippen molar-refractivity contribution in [1.29, 1.82) is 5.26 Å². The minimum absolute atomic E-state index is 0.164. The van der Waals surface area contributed by atoms with E-state index in [-0.39, 0.29) is 17.7 Å². The van der Waals surface area contributed by atoms with E-state index >= 15 is 0 Å². The topological polar surface area (TPSA) is 103 Å². The first-order valence-electron chi connectivity index (χ1n) is 6.77. The average Bonchev–Trinajstić information content (AvgIpc) is 2.41. The van der Waals surface area contributed by atoms with Gasteiger partial charge < -0.3 is 10.1 Å². The number of nitriles is 1. The van der Waals surface area contributed by atoms with Crippen LogP contribution in [0.25, 0.3) is 0 Å². The minimum atomic E-state index is -0.943. The Labute approximate surface area is 128 Å². The Balaban J connectivity index is 2.22. The van der Waals surface area contributed by atoms with Gasteiger partial charge in [-0.2, -0.15) is 10.3 Å². The van der Waals surface area contributed by atoms with Gasteiger partial charge in [0, 0.05) is 6.42 Å². The first-order chi connectivity index (χ1) is 10.2. The summed E-state index contributed by atoms with van der Waals surface area (Å²) in [6.45, 7) is 5.13. The second kappa shape index (κ2) is 5.66. The van der Waals surface area contributed by atoms with Crippen molar-refractivity contribution in [3.63, 3.8) is 0 Å². The lowest BCUT2D eigenvalue weighted by molar-refractivity contribution is -0.126. The minimum Gasteiger partial charge on any atom is -0.444 e. The number of nitrogens with zero attached hydrogens (tertiary/aromatic N) is 2. The van der Waals surface area contributed by atoms with E-state index in [0.717, 1.165) is 0 Å². The third kappa shape index (κ3) is 3.18. The number of alkyl carbamates (subject to hydrolysis) is 1. The van der Waals surface area contributed by atoms with Crippen LogP contribution in [-0.4, -0.2) is 28.9 Å². The molecule has 0 aliphatic carbocycles. The maximum absolute atomic E-state index is 12.2. The van der Waals surface area contributed by atoms with Crippen LogP contribution >= 0.6 is 0 Å². The van der Waals surface area contributed by atoms with Gasteiger partial charge >= 0.3 is 6.09 Å². The van der Waals surface area contributed by atoms with E-state index in [2.05, 4.69) is 5.32 Å². The third-order valence-corrected chi connectivity index (χ3v) is 3.07. The second-order valence-corrected chi connectivity index (χ2v) is 5.98. The molecule has 0 saturated carbocycles. The van der Waals surface area contributed by atoms with Gasteiger partial charge in [0.25, 0.3) is 5.91 Å². The monoisotopic (exact) mass is 303 g/mol. The van der Waals surface area contributed by atoms with Crippen LogP contribution in [0, 0.1) is 11.3 Å². The Morgan fingerprint density at radius 2 is 2.18 bits per heavy atom. The number of benzene rings is 1. The van der Waals surface area contributed by atoms with Crippen molar-refractivity contribution in [1.82, 2.24) is 5.32 Å². The molecule has 1 aliphatic heterocycles. The van der Waals surface area contributed by atoms with Gasteiger partial charge in [-0.25, -0.2) is 4.79 Å². The normalized spacial score (nSPS) is 17.5. The van der Waals surface area contributed by atoms with E-state index in [0.29, 0.717) is 10.6 Å². The quantitative estimate of drug-likeness (QED) is 0.769. The molecule has 1 aromatic carbocycles.